The molecule has 0 aromatic carbocycles. The molecule has 178 valence electrons. The van der Waals surface area contributed by atoms with Crippen molar-refractivity contribution in [1.82, 2.24) is 20.3 Å². The summed E-state index contributed by atoms with van der Waals surface area (Å²) >= 11 is 0. The molecule has 3 aromatic rings. The quantitative estimate of drug-likeness (QED) is 0.542. The third-order valence-electron chi connectivity index (χ3n) is 6.91. The lowest BCUT2D eigenvalue weighted by molar-refractivity contribution is -0.00720. The zero-order chi connectivity index (χ0) is 24.1. The van der Waals surface area contributed by atoms with Crippen LogP contribution in [0.25, 0.3) is 10.8 Å². The summed E-state index contributed by atoms with van der Waals surface area (Å²) in [4.78, 5) is 26.4. The van der Waals surface area contributed by atoms with Gasteiger partial charge >= 0.3 is 5.97 Å². The summed E-state index contributed by atoms with van der Waals surface area (Å²) in [6, 6.07) is 6.38. The van der Waals surface area contributed by atoms with Crippen LogP contribution in [0.3, 0.4) is 0 Å². The maximum Gasteiger partial charge on any atom is 0.340 e. The molecule has 1 aliphatic carbocycles. The van der Waals surface area contributed by atoms with E-state index in [1.54, 1.807) is 7.11 Å². The third-order valence-corrected chi connectivity index (χ3v) is 6.91. The van der Waals surface area contributed by atoms with E-state index in [4.69, 9.17) is 19.4 Å². The predicted molar refractivity (Wildman–Crippen MR) is 130 cm³/mol. The molecule has 7 heteroatoms. The summed E-state index contributed by atoms with van der Waals surface area (Å²) in [5.41, 5.74) is 3.47. The van der Waals surface area contributed by atoms with Crippen LogP contribution in [0.4, 0.5) is 0 Å². The number of carbonyl (C=O) groups is 1. The molecular weight excluding hydrogens is 428 g/mol. The van der Waals surface area contributed by atoms with E-state index in [1.807, 2.05) is 38.4 Å². The number of cyclic esters (lactones) is 1. The Labute approximate surface area is 200 Å². The van der Waals surface area contributed by atoms with E-state index in [1.165, 1.54) is 19.3 Å². The molecule has 5 rings (SSSR count). The van der Waals surface area contributed by atoms with Crippen molar-refractivity contribution < 1.29 is 14.3 Å². The highest BCUT2D eigenvalue weighted by Crippen LogP contribution is 2.35. The molecule has 0 bridgehead atoms. The molecule has 0 atom stereocenters. The van der Waals surface area contributed by atoms with E-state index in [2.05, 4.69) is 30.2 Å². The first-order chi connectivity index (χ1) is 16.1. The Morgan fingerprint density at radius 3 is 2.65 bits per heavy atom. The predicted octanol–water partition coefficient (Wildman–Crippen LogP) is 4.49. The van der Waals surface area contributed by atoms with Crippen LogP contribution in [0, 0.1) is 0 Å². The number of pyridine rings is 3. The lowest BCUT2D eigenvalue weighted by Crippen LogP contribution is -2.47. The van der Waals surface area contributed by atoms with E-state index in [9.17, 15) is 4.79 Å². The van der Waals surface area contributed by atoms with E-state index >= 15 is 0 Å². The number of esters is 1. The number of methoxy groups -OCH3 is 1. The molecule has 34 heavy (non-hydrogen) atoms. The van der Waals surface area contributed by atoms with Crippen molar-refractivity contribution in [3.63, 3.8) is 0 Å². The molecule has 4 heterocycles. The number of fused-ring (bicyclic) bond motifs is 2. The number of nitrogens with zero attached hydrogens (tertiary/aromatic N) is 3. The van der Waals surface area contributed by atoms with Gasteiger partial charge in [-0.3, -0.25) is 9.97 Å². The molecule has 1 aliphatic heterocycles. The minimum absolute atomic E-state index is 0.239. The Hall–Kier alpha value is -3.06. The van der Waals surface area contributed by atoms with E-state index < -0.39 is 5.60 Å². The van der Waals surface area contributed by atoms with Crippen LogP contribution < -0.4 is 10.1 Å². The number of nitrogens with one attached hydrogen (secondary N) is 1. The van der Waals surface area contributed by atoms with Crippen molar-refractivity contribution in [2.75, 3.05) is 7.11 Å². The maximum absolute atomic E-state index is 12.3. The fourth-order valence-corrected chi connectivity index (χ4v) is 4.95. The van der Waals surface area contributed by atoms with E-state index in [0.29, 0.717) is 30.3 Å². The molecule has 0 amide bonds. The molecule has 1 fully saturated rings. The van der Waals surface area contributed by atoms with Crippen LogP contribution in [-0.4, -0.2) is 39.7 Å². The van der Waals surface area contributed by atoms with Crippen LogP contribution >= 0.6 is 0 Å². The maximum atomic E-state index is 12.3. The number of hydrogen-bond donors (Lipinski definition) is 1. The molecule has 0 unspecified atom stereocenters. The minimum atomic E-state index is -0.547. The molecule has 0 radical (unpaired) electrons. The normalized spacial score (nSPS) is 17.7. The van der Waals surface area contributed by atoms with Gasteiger partial charge in [-0.2, -0.15) is 0 Å². The Morgan fingerprint density at radius 1 is 1.15 bits per heavy atom. The van der Waals surface area contributed by atoms with Gasteiger partial charge in [-0.25, -0.2) is 9.78 Å². The molecule has 1 saturated carbocycles. The molecular formula is C27H32N4O3. The SMILES string of the molecule is COc1ncc(C(C)(C)NC2CCC2)c2cc(Cc3ccc4c(n3)CC(C)(C)OC4=O)ncc12. The fraction of sp³-hybridized carbons (Fsp3) is 0.481. The molecule has 2 aliphatic rings. The van der Waals surface area contributed by atoms with Crippen molar-refractivity contribution >= 4 is 16.7 Å². The monoisotopic (exact) mass is 460 g/mol. The molecule has 7 nitrogen and oxygen atoms in total. The first kappa shape index (κ1) is 22.7. The minimum Gasteiger partial charge on any atom is -0.481 e. The van der Waals surface area contributed by atoms with Gasteiger partial charge in [-0.1, -0.05) is 6.42 Å². The van der Waals surface area contributed by atoms with E-state index in [-0.39, 0.29) is 11.5 Å². The molecule has 1 N–H and O–H groups in total. The third kappa shape index (κ3) is 4.25. The molecule has 0 spiro atoms. The highest BCUT2D eigenvalue weighted by atomic mass is 16.6. The Balaban J connectivity index is 1.51. The fourth-order valence-electron chi connectivity index (χ4n) is 4.95. The number of hydrogen-bond acceptors (Lipinski definition) is 7. The van der Waals surface area contributed by atoms with Gasteiger partial charge in [-0.15, -0.1) is 0 Å². The summed E-state index contributed by atoms with van der Waals surface area (Å²) in [5, 5.41) is 5.77. The second-order valence-corrected chi connectivity index (χ2v) is 10.6. The number of ether oxygens (including phenoxy) is 2. The first-order valence-corrected chi connectivity index (χ1v) is 12.0. The summed E-state index contributed by atoms with van der Waals surface area (Å²) in [6.07, 6.45) is 8.64. The van der Waals surface area contributed by atoms with Crippen molar-refractivity contribution in [1.29, 1.82) is 0 Å². The Kier molecular flexibility index (Phi) is 5.55. The average Bonchev–Trinajstić information content (AvgIpc) is 2.74. The van der Waals surface area contributed by atoms with Crippen LogP contribution in [0.15, 0.2) is 30.6 Å². The zero-order valence-corrected chi connectivity index (χ0v) is 20.6. The summed E-state index contributed by atoms with van der Waals surface area (Å²) in [5.74, 6) is 0.268. The van der Waals surface area contributed by atoms with Gasteiger partial charge in [0.25, 0.3) is 0 Å². The highest BCUT2D eigenvalue weighted by Gasteiger charge is 2.33. The molecule has 3 aromatic heterocycles. The second-order valence-electron chi connectivity index (χ2n) is 10.6. The van der Waals surface area contributed by atoms with Crippen LogP contribution in [0.2, 0.25) is 0 Å². The van der Waals surface area contributed by atoms with Gasteiger partial charge in [0.2, 0.25) is 5.88 Å². The Morgan fingerprint density at radius 2 is 1.94 bits per heavy atom. The number of rotatable bonds is 6. The van der Waals surface area contributed by atoms with Gasteiger partial charge in [0.1, 0.15) is 5.60 Å². The van der Waals surface area contributed by atoms with Gasteiger partial charge in [-0.05, 0) is 69.7 Å². The lowest BCUT2D eigenvalue weighted by Gasteiger charge is -2.37. The Bertz CT molecular complexity index is 1260. The van der Waals surface area contributed by atoms with Crippen molar-refractivity contribution in [3.05, 3.63) is 58.8 Å². The van der Waals surface area contributed by atoms with Crippen molar-refractivity contribution in [3.8, 4) is 5.88 Å². The van der Waals surface area contributed by atoms with Crippen molar-refractivity contribution in [2.45, 2.75) is 77.0 Å². The van der Waals surface area contributed by atoms with Crippen LogP contribution in [0.5, 0.6) is 5.88 Å². The summed E-state index contributed by atoms with van der Waals surface area (Å²) < 4.78 is 11.0. The smallest absolute Gasteiger partial charge is 0.340 e. The number of aromatic nitrogens is 3. The van der Waals surface area contributed by atoms with Crippen LogP contribution in [0.1, 0.15) is 80.0 Å². The van der Waals surface area contributed by atoms with Gasteiger partial charge in [0, 0.05) is 48.2 Å². The standard InChI is InChI=1S/C27H32N4O3/c1-26(2)13-23-19(25(32)34-26)10-9-17(30-23)11-18-12-20-21(14-28-18)24(33-5)29-15-22(20)27(3,4)31-16-7-6-8-16/h9-10,12,14-16,31H,6-8,11,13H2,1-5H3. The zero-order valence-electron chi connectivity index (χ0n) is 20.6. The van der Waals surface area contributed by atoms with Gasteiger partial charge in [0.15, 0.2) is 0 Å². The highest BCUT2D eigenvalue weighted by molar-refractivity contribution is 5.92. The topological polar surface area (TPSA) is 86.2 Å². The second kappa shape index (κ2) is 8.31. The van der Waals surface area contributed by atoms with Gasteiger partial charge in [0.05, 0.1) is 23.8 Å². The van der Waals surface area contributed by atoms with E-state index in [0.717, 1.165) is 33.4 Å². The molecule has 0 saturated heterocycles. The van der Waals surface area contributed by atoms with Gasteiger partial charge < -0.3 is 14.8 Å². The van der Waals surface area contributed by atoms with Crippen LogP contribution in [-0.2, 0) is 23.1 Å². The summed E-state index contributed by atoms with van der Waals surface area (Å²) in [6.45, 7) is 8.24. The number of carbonyl (C=O) groups excluding carboxylic acids is 1. The largest absolute Gasteiger partial charge is 0.481 e. The first-order valence-electron chi connectivity index (χ1n) is 12.0. The summed E-state index contributed by atoms with van der Waals surface area (Å²) in [7, 11) is 1.64. The van der Waals surface area contributed by atoms with Crippen molar-refractivity contribution in [2.24, 2.45) is 0 Å². The lowest BCUT2D eigenvalue weighted by atomic mass is 9.86. The average molecular weight is 461 g/mol.